The molecule has 102 valence electrons. The maximum atomic E-state index is 10.9. The van der Waals surface area contributed by atoms with Crippen molar-refractivity contribution in [3.63, 3.8) is 0 Å². The Morgan fingerprint density at radius 3 is 2.32 bits per heavy atom. The lowest BCUT2D eigenvalue weighted by molar-refractivity contribution is -0.385. The van der Waals surface area contributed by atoms with Crippen LogP contribution in [0.2, 0.25) is 0 Å². The number of carboxylic acid groups (broad SMARTS) is 1. The van der Waals surface area contributed by atoms with Crippen LogP contribution in [0, 0.1) is 10.1 Å². The first kappa shape index (κ1) is 14.5. The maximum Gasteiger partial charge on any atom is 0.342 e. The van der Waals surface area contributed by atoms with E-state index in [4.69, 9.17) is 10.8 Å². The number of carbonyl (C=O) groups excluding carboxylic acids is 1. The zero-order valence-corrected chi connectivity index (χ0v) is 9.39. The summed E-state index contributed by atoms with van der Waals surface area (Å²) in [6, 6.07) is 2.69. The molecule has 19 heavy (non-hydrogen) atoms. The second-order valence-electron chi connectivity index (χ2n) is 3.63. The van der Waals surface area contributed by atoms with Gasteiger partial charge in [-0.05, 0) is 17.7 Å². The summed E-state index contributed by atoms with van der Waals surface area (Å²) in [6.07, 6.45) is -3.71. The maximum absolute atomic E-state index is 10.9. The van der Waals surface area contributed by atoms with Crippen LogP contribution in [0.3, 0.4) is 0 Å². The summed E-state index contributed by atoms with van der Waals surface area (Å²) in [5.74, 6) is -2.78. The van der Waals surface area contributed by atoms with E-state index < -0.39 is 40.3 Å². The van der Waals surface area contributed by atoms with Crippen LogP contribution in [0.25, 0.3) is 0 Å². The minimum Gasteiger partial charge on any atom is -0.477 e. The third kappa shape index (κ3) is 3.03. The number of hydrogen-bond acceptors (Lipinski definition) is 6. The van der Waals surface area contributed by atoms with E-state index in [1.165, 1.54) is 0 Å². The molecule has 0 aliphatic heterocycles. The Morgan fingerprint density at radius 1 is 1.32 bits per heavy atom. The van der Waals surface area contributed by atoms with E-state index in [0.29, 0.717) is 0 Å². The van der Waals surface area contributed by atoms with Gasteiger partial charge in [-0.1, -0.05) is 0 Å². The highest BCUT2D eigenvalue weighted by Gasteiger charge is 2.27. The summed E-state index contributed by atoms with van der Waals surface area (Å²) < 4.78 is 0. The number of nitro benzene ring substituents is 1. The molecule has 0 bridgehead atoms. The molecule has 9 nitrogen and oxygen atoms in total. The quantitative estimate of drug-likeness (QED) is 0.400. The standard InChI is InChI=1S/C10H10N2O7/c11-9(15)8(14)7(13)4-1-2-6(12(18)19)5(3-4)10(16)17/h1-3,7-8,13-14H,(H2,11,15)(H,16,17). The van der Waals surface area contributed by atoms with Crippen LogP contribution < -0.4 is 5.73 Å². The predicted octanol–water partition coefficient (Wildman–Crippen LogP) is -0.827. The van der Waals surface area contributed by atoms with Crippen molar-refractivity contribution in [1.82, 2.24) is 0 Å². The molecule has 1 amide bonds. The summed E-state index contributed by atoms with van der Waals surface area (Å²) in [7, 11) is 0. The Labute approximate surface area is 106 Å². The lowest BCUT2D eigenvalue weighted by atomic mass is 10.0. The number of aromatic carboxylic acids is 1. The second kappa shape index (κ2) is 5.42. The molecule has 0 saturated carbocycles. The molecule has 0 saturated heterocycles. The lowest BCUT2D eigenvalue weighted by Crippen LogP contribution is -2.33. The number of carbonyl (C=O) groups is 2. The molecule has 2 atom stereocenters. The fourth-order valence-corrected chi connectivity index (χ4v) is 1.41. The Kier molecular flexibility index (Phi) is 4.14. The fraction of sp³-hybridized carbons (Fsp3) is 0.200. The number of benzene rings is 1. The van der Waals surface area contributed by atoms with Gasteiger partial charge in [0.2, 0.25) is 5.91 Å². The van der Waals surface area contributed by atoms with Crippen molar-refractivity contribution in [2.45, 2.75) is 12.2 Å². The molecule has 0 heterocycles. The molecule has 5 N–H and O–H groups in total. The van der Waals surface area contributed by atoms with Gasteiger partial charge in [-0.2, -0.15) is 0 Å². The molecule has 0 radical (unpaired) electrons. The number of primary amides is 1. The van der Waals surface area contributed by atoms with Gasteiger partial charge in [0.05, 0.1) is 4.92 Å². The third-order valence-corrected chi connectivity index (χ3v) is 2.38. The number of aliphatic hydroxyl groups is 2. The summed E-state index contributed by atoms with van der Waals surface area (Å²) in [6.45, 7) is 0. The number of nitro groups is 1. The molecular formula is C10H10N2O7. The van der Waals surface area contributed by atoms with E-state index >= 15 is 0 Å². The van der Waals surface area contributed by atoms with E-state index in [-0.39, 0.29) is 5.56 Å². The van der Waals surface area contributed by atoms with Crippen molar-refractivity contribution in [2.75, 3.05) is 0 Å². The highest BCUT2D eigenvalue weighted by atomic mass is 16.6. The normalized spacial score (nSPS) is 13.6. The van der Waals surface area contributed by atoms with Gasteiger partial charge in [0.15, 0.2) is 6.10 Å². The Hall–Kier alpha value is -2.52. The first-order valence-corrected chi connectivity index (χ1v) is 4.92. The van der Waals surface area contributed by atoms with Gasteiger partial charge in [0, 0.05) is 6.07 Å². The lowest BCUT2D eigenvalue weighted by Gasteiger charge is -2.15. The molecule has 0 spiro atoms. The van der Waals surface area contributed by atoms with Gasteiger partial charge in [-0.15, -0.1) is 0 Å². The van der Waals surface area contributed by atoms with E-state index in [9.17, 15) is 29.9 Å². The monoisotopic (exact) mass is 270 g/mol. The van der Waals surface area contributed by atoms with E-state index in [0.717, 1.165) is 18.2 Å². The van der Waals surface area contributed by atoms with Crippen molar-refractivity contribution in [1.29, 1.82) is 0 Å². The van der Waals surface area contributed by atoms with Gasteiger partial charge in [0.1, 0.15) is 11.7 Å². The van der Waals surface area contributed by atoms with Gasteiger partial charge in [0.25, 0.3) is 5.69 Å². The van der Waals surface area contributed by atoms with E-state index in [2.05, 4.69) is 0 Å². The first-order valence-electron chi connectivity index (χ1n) is 4.92. The van der Waals surface area contributed by atoms with Crippen LogP contribution in [-0.2, 0) is 4.79 Å². The topological polar surface area (TPSA) is 164 Å². The average molecular weight is 270 g/mol. The number of aliphatic hydroxyl groups excluding tert-OH is 2. The first-order chi connectivity index (χ1) is 8.75. The average Bonchev–Trinajstić information content (AvgIpc) is 2.35. The van der Waals surface area contributed by atoms with Gasteiger partial charge in [-0.3, -0.25) is 14.9 Å². The van der Waals surface area contributed by atoms with Crippen molar-refractivity contribution in [3.05, 3.63) is 39.4 Å². The Morgan fingerprint density at radius 2 is 1.89 bits per heavy atom. The summed E-state index contributed by atoms with van der Waals surface area (Å²) in [5.41, 5.74) is 3.27. The van der Waals surface area contributed by atoms with Crippen LogP contribution in [0.15, 0.2) is 18.2 Å². The molecule has 0 aliphatic carbocycles. The minimum absolute atomic E-state index is 0.172. The van der Waals surface area contributed by atoms with Crippen molar-refractivity contribution in [3.8, 4) is 0 Å². The number of carboxylic acids is 1. The molecule has 2 unspecified atom stereocenters. The SMILES string of the molecule is NC(=O)C(O)C(O)c1ccc([N+](=O)[O-])c(C(=O)O)c1. The van der Waals surface area contributed by atoms with Crippen LogP contribution in [0.4, 0.5) is 5.69 Å². The number of nitrogens with zero attached hydrogens (tertiary/aromatic N) is 1. The molecule has 0 fully saturated rings. The van der Waals surface area contributed by atoms with Crippen LogP contribution >= 0.6 is 0 Å². The predicted molar refractivity (Wildman–Crippen MR) is 60.2 cm³/mol. The van der Waals surface area contributed by atoms with Crippen molar-refractivity contribution >= 4 is 17.6 Å². The van der Waals surface area contributed by atoms with Crippen molar-refractivity contribution in [2.24, 2.45) is 5.73 Å². The van der Waals surface area contributed by atoms with Gasteiger partial charge in [-0.25, -0.2) is 4.79 Å². The second-order valence-corrected chi connectivity index (χ2v) is 3.63. The third-order valence-electron chi connectivity index (χ3n) is 2.38. The largest absolute Gasteiger partial charge is 0.477 e. The molecule has 0 aromatic heterocycles. The van der Waals surface area contributed by atoms with Crippen molar-refractivity contribution < 1.29 is 29.8 Å². The fourth-order valence-electron chi connectivity index (χ4n) is 1.41. The zero-order chi connectivity index (χ0) is 14.7. The summed E-state index contributed by atoms with van der Waals surface area (Å²) >= 11 is 0. The highest BCUT2D eigenvalue weighted by Crippen LogP contribution is 2.25. The van der Waals surface area contributed by atoms with Gasteiger partial charge >= 0.3 is 5.97 Å². The van der Waals surface area contributed by atoms with Crippen LogP contribution in [0.5, 0.6) is 0 Å². The Balaban J connectivity index is 3.26. The molecule has 1 aromatic carbocycles. The molecule has 1 aromatic rings. The van der Waals surface area contributed by atoms with E-state index in [1.54, 1.807) is 0 Å². The van der Waals surface area contributed by atoms with E-state index in [1.807, 2.05) is 0 Å². The molecular weight excluding hydrogens is 260 g/mol. The molecule has 9 heteroatoms. The van der Waals surface area contributed by atoms with Gasteiger partial charge < -0.3 is 21.1 Å². The highest BCUT2D eigenvalue weighted by molar-refractivity contribution is 5.92. The number of amides is 1. The molecule has 0 aliphatic rings. The van der Waals surface area contributed by atoms with Crippen LogP contribution in [0.1, 0.15) is 22.0 Å². The summed E-state index contributed by atoms with van der Waals surface area (Å²) in [4.78, 5) is 31.3. The molecule has 1 rings (SSSR count). The number of rotatable bonds is 5. The smallest absolute Gasteiger partial charge is 0.342 e. The summed E-state index contributed by atoms with van der Waals surface area (Å²) in [5, 5.41) is 38.3. The number of hydrogen-bond donors (Lipinski definition) is 4. The minimum atomic E-state index is -1.94. The Bertz CT molecular complexity index is 543. The number of nitrogens with two attached hydrogens (primary N) is 1. The zero-order valence-electron chi connectivity index (χ0n) is 9.39. The van der Waals surface area contributed by atoms with Crippen LogP contribution in [-0.4, -0.2) is 38.2 Å².